The molecule has 0 spiro atoms. The monoisotopic (exact) mass is 681 g/mol. The van der Waals surface area contributed by atoms with Gasteiger partial charge in [-0.05, 0) is 156 Å². The van der Waals surface area contributed by atoms with Gasteiger partial charge in [-0.1, -0.05) is 46.8 Å². The molecule has 5 saturated carbocycles. The van der Waals surface area contributed by atoms with Crippen LogP contribution in [0.4, 0.5) is 0 Å². The van der Waals surface area contributed by atoms with Crippen LogP contribution in [0.25, 0.3) is 0 Å². The molecule has 7 heteroatoms. The number of rotatable bonds is 8. The van der Waals surface area contributed by atoms with Crippen molar-refractivity contribution in [2.75, 3.05) is 20.1 Å². The molecule has 11 atom stereocenters. The summed E-state index contributed by atoms with van der Waals surface area (Å²) in [5.74, 6) is 1.57. The molecule has 1 amide bonds. The number of likely N-dealkylation sites (N-methyl/N-ethyl adjacent to an activating group) is 1. The van der Waals surface area contributed by atoms with Gasteiger partial charge in [-0.2, -0.15) is 0 Å². The summed E-state index contributed by atoms with van der Waals surface area (Å²) < 4.78 is 6.18. The zero-order valence-corrected chi connectivity index (χ0v) is 32.4. The van der Waals surface area contributed by atoms with Crippen LogP contribution in [0.2, 0.25) is 0 Å². The molecular formula is C42H68N2O5. The van der Waals surface area contributed by atoms with Crippen LogP contribution in [0.3, 0.4) is 0 Å². The molecule has 0 aromatic carbocycles. The number of hydrogen-bond acceptors (Lipinski definition) is 5. The van der Waals surface area contributed by atoms with E-state index in [1.807, 2.05) is 0 Å². The van der Waals surface area contributed by atoms with E-state index in [2.05, 4.69) is 65.4 Å². The second-order valence-corrected chi connectivity index (χ2v) is 20.2. The summed E-state index contributed by atoms with van der Waals surface area (Å²) in [7, 11) is 2.15. The van der Waals surface area contributed by atoms with E-state index in [-0.39, 0.29) is 57.5 Å². The molecule has 0 radical (unpaired) electrons. The number of nitrogens with zero attached hydrogens (tertiary/aromatic N) is 1. The van der Waals surface area contributed by atoms with Crippen LogP contribution in [0, 0.1) is 62.1 Å². The Labute approximate surface area is 297 Å². The predicted molar refractivity (Wildman–Crippen MR) is 194 cm³/mol. The quantitative estimate of drug-likeness (QED) is 0.198. The van der Waals surface area contributed by atoms with Crippen molar-refractivity contribution in [3.63, 3.8) is 0 Å². The van der Waals surface area contributed by atoms with E-state index in [0.29, 0.717) is 36.0 Å². The van der Waals surface area contributed by atoms with Crippen molar-refractivity contribution < 1.29 is 24.2 Å². The molecule has 2 N–H and O–H groups in total. The van der Waals surface area contributed by atoms with E-state index in [1.165, 1.54) is 37.7 Å². The number of carbonyl (C=O) groups excluding carboxylic acids is 2. The molecule has 276 valence electrons. The number of amides is 1. The fourth-order valence-electron chi connectivity index (χ4n) is 14.1. The van der Waals surface area contributed by atoms with E-state index in [1.54, 1.807) is 13.8 Å². The maximum Gasteiger partial charge on any atom is 0.309 e. The third-order valence-electron chi connectivity index (χ3n) is 16.9. The predicted octanol–water partition coefficient (Wildman–Crippen LogP) is 8.27. The Kier molecular flexibility index (Phi) is 9.31. The van der Waals surface area contributed by atoms with Gasteiger partial charge in [0.1, 0.15) is 6.10 Å². The van der Waals surface area contributed by atoms with Gasteiger partial charge in [0.05, 0.1) is 11.8 Å². The fourth-order valence-corrected chi connectivity index (χ4v) is 14.1. The van der Waals surface area contributed by atoms with Gasteiger partial charge in [0.25, 0.3) is 0 Å². The first kappa shape index (κ1) is 36.9. The van der Waals surface area contributed by atoms with Crippen LogP contribution in [0.1, 0.15) is 139 Å². The summed E-state index contributed by atoms with van der Waals surface area (Å²) >= 11 is 0. The lowest BCUT2D eigenvalue weighted by atomic mass is 9.32. The smallest absolute Gasteiger partial charge is 0.309 e. The molecule has 5 aliphatic carbocycles. The molecule has 6 fully saturated rings. The highest BCUT2D eigenvalue weighted by Gasteiger charge is 2.71. The summed E-state index contributed by atoms with van der Waals surface area (Å²) in [6.45, 7) is 24.5. The van der Waals surface area contributed by atoms with E-state index in [0.717, 1.165) is 51.6 Å². The van der Waals surface area contributed by atoms with Gasteiger partial charge in [0.2, 0.25) is 5.91 Å². The fraction of sp³-hybridized carbons (Fsp3) is 0.881. The highest BCUT2D eigenvalue weighted by atomic mass is 16.5. The molecule has 49 heavy (non-hydrogen) atoms. The minimum atomic E-state index is -1.14. The van der Waals surface area contributed by atoms with E-state index >= 15 is 0 Å². The minimum absolute atomic E-state index is 0.0752. The standard InChI is InChI=1S/C42H68N2O5/c1-26(2)28-13-19-42(23-33(45)43-27-16-22-44(10)25-27)21-20-40(8)29(35(28)42)11-12-31-39(7)17-15-32(49-34(46)24-37(3,4)36(47)48)38(5,6)30(39)14-18-41(31,40)9/h27-32,35H,1,11-25H2,2-10H3,(H,43,45)(H,47,48)/t27-,28+,29?,30+,31-,32+,35-,39+,40?,41-,42-/m1/s1. The van der Waals surface area contributed by atoms with E-state index in [9.17, 15) is 19.5 Å². The Hall–Kier alpha value is -1.89. The lowest BCUT2D eigenvalue weighted by molar-refractivity contribution is -0.250. The van der Waals surface area contributed by atoms with Crippen LogP contribution < -0.4 is 5.32 Å². The largest absolute Gasteiger partial charge is 0.481 e. The highest BCUT2D eigenvalue weighted by Crippen LogP contribution is 2.78. The number of nitrogens with one attached hydrogen (secondary N) is 1. The number of carboxylic acids is 1. The number of ether oxygens (including phenoxy) is 1. The number of carboxylic acid groups (broad SMARTS) is 1. The van der Waals surface area contributed by atoms with Gasteiger partial charge >= 0.3 is 11.9 Å². The van der Waals surface area contributed by atoms with Crippen molar-refractivity contribution in [2.45, 2.75) is 151 Å². The van der Waals surface area contributed by atoms with Crippen molar-refractivity contribution in [2.24, 2.45) is 62.1 Å². The number of carbonyl (C=O) groups is 3. The third-order valence-corrected chi connectivity index (χ3v) is 16.9. The van der Waals surface area contributed by atoms with Crippen molar-refractivity contribution in [1.82, 2.24) is 10.2 Å². The molecule has 0 aromatic rings. The molecule has 7 nitrogen and oxygen atoms in total. The van der Waals surface area contributed by atoms with Gasteiger partial charge in [-0.3, -0.25) is 14.4 Å². The zero-order chi connectivity index (χ0) is 35.9. The Bertz CT molecular complexity index is 1360. The van der Waals surface area contributed by atoms with Crippen LogP contribution in [-0.2, 0) is 19.1 Å². The summed E-state index contributed by atoms with van der Waals surface area (Å²) in [4.78, 5) is 40.9. The Balaban J connectivity index is 1.23. The van der Waals surface area contributed by atoms with Gasteiger partial charge < -0.3 is 20.1 Å². The average molecular weight is 681 g/mol. The van der Waals surface area contributed by atoms with Crippen molar-refractivity contribution in [1.29, 1.82) is 0 Å². The second kappa shape index (κ2) is 12.4. The summed E-state index contributed by atoms with van der Waals surface area (Å²) in [6.07, 6.45) is 12.7. The number of likely N-dealkylation sites (tertiary alicyclic amines) is 1. The van der Waals surface area contributed by atoms with Gasteiger partial charge in [0.15, 0.2) is 0 Å². The summed E-state index contributed by atoms with van der Waals surface area (Å²) in [6, 6.07) is 0.282. The summed E-state index contributed by atoms with van der Waals surface area (Å²) in [5.41, 5.74) is 0.634. The van der Waals surface area contributed by atoms with Crippen LogP contribution in [0.5, 0.6) is 0 Å². The lowest BCUT2D eigenvalue weighted by Gasteiger charge is -2.73. The van der Waals surface area contributed by atoms with Crippen molar-refractivity contribution in [3.05, 3.63) is 12.2 Å². The molecule has 2 unspecified atom stereocenters. The van der Waals surface area contributed by atoms with Crippen molar-refractivity contribution in [3.8, 4) is 0 Å². The molecule has 1 heterocycles. The molecule has 6 aliphatic rings. The molecule has 6 rings (SSSR count). The maximum absolute atomic E-state index is 13.8. The Morgan fingerprint density at radius 3 is 2.24 bits per heavy atom. The number of aliphatic carboxylic acids is 1. The van der Waals surface area contributed by atoms with Crippen LogP contribution >= 0.6 is 0 Å². The lowest BCUT2D eigenvalue weighted by Crippen LogP contribution is -2.67. The molecule has 0 bridgehead atoms. The topological polar surface area (TPSA) is 95.9 Å². The third kappa shape index (κ3) is 5.82. The number of hydrogen-bond donors (Lipinski definition) is 2. The normalized spacial score (nSPS) is 44.6. The Morgan fingerprint density at radius 1 is 0.898 bits per heavy atom. The van der Waals surface area contributed by atoms with Crippen molar-refractivity contribution >= 4 is 17.8 Å². The Morgan fingerprint density at radius 2 is 1.61 bits per heavy atom. The zero-order valence-electron chi connectivity index (χ0n) is 32.4. The average Bonchev–Trinajstić information content (AvgIpc) is 3.57. The van der Waals surface area contributed by atoms with E-state index in [4.69, 9.17) is 4.74 Å². The maximum atomic E-state index is 13.8. The highest BCUT2D eigenvalue weighted by molar-refractivity contribution is 5.81. The number of esters is 1. The molecule has 1 saturated heterocycles. The number of fused-ring (bicyclic) bond motifs is 7. The van der Waals surface area contributed by atoms with E-state index < -0.39 is 11.4 Å². The molecule has 0 aromatic heterocycles. The minimum Gasteiger partial charge on any atom is -0.481 e. The van der Waals surface area contributed by atoms with Gasteiger partial charge in [-0.25, -0.2) is 0 Å². The van der Waals surface area contributed by atoms with Crippen LogP contribution in [-0.4, -0.2) is 60.1 Å². The summed E-state index contributed by atoms with van der Waals surface area (Å²) in [5, 5.41) is 13.1. The van der Waals surface area contributed by atoms with Gasteiger partial charge in [0, 0.05) is 24.4 Å². The van der Waals surface area contributed by atoms with Gasteiger partial charge in [-0.15, -0.1) is 0 Å². The first-order valence-electron chi connectivity index (χ1n) is 19.8. The van der Waals surface area contributed by atoms with Crippen LogP contribution in [0.15, 0.2) is 12.2 Å². The first-order valence-corrected chi connectivity index (χ1v) is 19.8. The molecule has 1 aliphatic heterocycles. The molecular weight excluding hydrogens is 612 g/mol. The SMILES string of the molecule is C=C(C)[C@@H]1CC[C@]2(CC(=O)N[C@@H]3CCN(C)C3)CCC3(C)C(CC[C@@H]4[C@@]5(C)CC[C@H](OC(=O)CC(C)(C)C(=O)O)C(C)(C)[C@@H]5CC[C@]43C)[C@@H]12. The number of allylic oxidation sites excluding steroid dienone is 1. The second-order valence-electron chi connectivity index (χ2n) is 20.2. The first-order chi connectivity index (χ1) is 22.7.